The highest BCUT2D eigenvalue weighted by Gasteiger charge is 2.33. The molecule has 0 bridgehead atoms. The second kappa shape index (κ2) is 3.98. The number of phenols is 1. The van der Waals surface area contributed by atoms with Gasteiger partial charge in [-0.3, -0.25) is 0 Å². The molecule has 1 fully saturated rings. The van der Waals surface area contributed by atoms with Gasteiger partial charge in [0.05, 0.1) is 11.2 Å². The van der Waals surface area contributed by atoms with E-state index in [2.05, 4.69) is 25.9 Å². The van der Waals surface area contributed by atoms with Gasteiger partial charge in [-0.1, -0.05) is 20.8 Å². The molecule has 3 rings (SSSR count). The number of hydrogen-bond acceptors (Lipinski definition) is 3. The quantitative estimate of drug-likeness (QED) is 0.835. The fourth-order valence-corrected chi connectivity index (χ4v) is 2.64. The van der Waals surface area contributed by atoms with Crippen LogP contribution in [-0.2, 0) is 5.41 Å². The molecule has 0 spiro atoms. The predicted octanol–water partition coefficient (Wildman–Crippen LogP) is 3.44. The highest BCUT2D eigenvalue weighted by atomic mass is 16.4. The van der Waals surface area contributed by atoms with Gasteiger partial charge in [0.15, 0.2) is 0 Å². The molecule has 1 saturated carbocycles. The van der Waals surface area contributed by atoms with E-state index in [0.29, 0.717) is 11.4 Å². The van der Waals surface area contributed by atoms with E-state index in [0.717, 1.165) is 34.2 Å². The molecule has 1 aliphatic rings. The summed E-state index contributed by atoms with van der Waals surface area (Å²) in [7, 11) is 0. The highest BCUT2D eigenvalue weighted by Crippen LogP contribution is 2.45. The van der Waals surface area contributed by atoms with Crippen molar-refractivity contribution in [2.24, 2.45) is 0 Å². The molecule has 1 aliphatic carbocycles. The fourth-order valence-electron chi connectivity index (χ4n) is 2.64. The Balaban J connectivity index is 2.42. The molecule has 0 atom stereocenters. The Morgan fingerprint density at radius 1 is 1.35 bits per heavy atom. The van der Waals surface area contributed by atoms with Gasteiger partial charge < -0.3 is 10.2 Å². The first-order chi connectivity index (χ1) is 9.29. The van der Waals surface area contributed by atoms with Crippen molar-refractivity contribution in [2.75, 3.05) is 0 Å². The summed E-state index contributed by atoms with van der Waals surface area (Å²) in [6.45, 7) is 6.15. The molecular weight excluding hydrogens is 256 g/mol. The van der Waals surface area contributed by atoms with E-state index in [1.54, 1.807) is 6.07 Å². The van der Waals surface area contributed by atoms with Crippen LogP contribution < -0.4 is 0 Å². The molecule has 1 aromatic carbocycles. The molecule has 5 heteroatoms. The van der Waals surface area contributed by atoms with Crippen LogP contribution in [0.4, 0.5) is 4.79 Å². The molecule has 0 unspecified atom stereocenters. The summed E-state index contributed by atoms with van der Waals surface area (Å²) in [5.74, 6) is 0.427. The van der Waals surface area contributed by atoms with Crippen molar-refractivity contribution in [2.45, 2.75) is 44.9 Å². The van der Waals surface area contributed by atoms with E-state index in [1.807, 2.05) is 0 Å². The lowest BCUT2D eigenvalue weighted by Crippen LogP contribution is -2.12. The van der Waals surface area contributed by atoms with Gasteiger partial charge in [0, 0.05) is 17.4 Å². The van der Waals surface area contributed by atoms with Crippen molar-refractivity contribution in [3.8, 4) is 5.75 Å². The molecule has 106 valence electrons. The highest BCUT2D eigenvalue weighted by molar-refractivity contribution is 5.93. The number of aromatic hydroxyl groups is 1. The number of rotatable bonds is 1. The molecule has 0 aliphatic heterocycles. The largest absolute Gasteiger partial charge is 0.508 e. The maximum atomic E-state index is 11.4. The standard InChI is InChI=1S/C15H18N2O3/c1-15(2,3)10-6-9(18)7-11-12(10)13(8-4-5-8)16-17(11)14(19)20/h6-8,18H,4-5H2,1-3H3,(H,19,20). The summed E-state index contributed by atoms with van der Waals surface area (Å²) < 4.78 is 0.984. The molecule has 1 aromatic heterocycles. The summed E-state index contributed by atoms with van der Waals surface area (Å²) in [4.78, 5) is 11.4. The first-order valence-electron chi connectivity index (χ1n) is 6.78. The van der Waals surface area contributed by atoms with Gasteiger partial charge in [-0.25, -0.2) is 4.79 Å². The minimum absolute atomic E-state index is 0.0761. The van der Waals surface area contributed by atoms with Gasteiger partial charge in [0.1, 0.15) is 5.75 Å². The third-order valence-corrected chi connectivity index (χ3v) is 3.75. The summed E-state index contributed by atoms with van der Waals surface area (Å²) in [5, 5.41) is 24.4. The van der Waals surface area contributed by atoms with E-state index in [-0.39, 0.29) is 11.2 Å². The van der Waals surface area contributed by atoms with E-state index >= 15 is 0 Å². The second-order valence-corrected chi connectivity index (χ2v) is 6.49. The van der Waals surface area contributed by atoms with Crippen LogP contribution in [0.3, 0.4) is 0 Å². The fraction of sp³-hybridized carbons (Fsp3) is 0.467. The summed E-state index contributed by atoms with van der Waals surface area (Å²) in [5.41, 5.74) is 2.09. The molecule has 0 saturated heterocycles. The topological polar surface area (TPSA) is 75.4 Å². The Bertz CT molecular complexity index is 706. The molecule has 0 amide bonds. The monoisotopic (exact) mass is 274 g/mol. The van der Waals surface area contributed by atoms with Gasteiger partial charge in [0.2, 0.25) is 0 Å². The first kappa shape index (κ1) is 13.0. The lowest BCUT2D eigenvalue weighted by Gasteiger charge is -2.21. The van der Waals surface area contributed by atoms with Crippen molar-refractivity contribution in [3.63, 3.8) is 0 Å². The van der Waals surface area contributed by atoms with Crippen LogP contribution in [0, 0.1) is 0 Å². The molecule has 2 aromatic rings. The van der Waals surface area contributed by atoms with Crippen molar-refractivity contribution in [3.05, 3.63) is 23.4 Å². The number of aromatic nitrogens is 2. The van der Waals surface area contributed by atoms with Crippen LogP contribution in [0.2, 0.25) is 0 Å². The molecule has 5 nitrogen and oxygen atoms in total. The minimum atomic E-state index is -1.12. The molecular formula is C15H18N2O3. The number of nitrogens with zero attached hydrogens (tertiary/aromatic N) is 2. The van der Waals surface area contributed by atoms with Crippen molar-refractivity contribution in [1.82, 2.24) is 9.78 Å². The van der Waals surface area contributed by atoms with E-state index in [9.17, 15) is 15.0 Å². The lowest BCUT2D eigenvalue weighted by atomic mass is 9.83. The minimum Gasteiger partial charge on any atom is -0.508 e. The third kappa shape index (κ3) is 1.94. The van der Waals surface area contributed by atoms with E-state index in [1.165, 1.54) is 6.07 Å². The number of benzene rings is 1. The average Bonchev–Trinajstić information content (AvgIpc) is 3.08. The summed E-state index contributed by atoms with van der Waals surface area (Å²) in [6, 6.07) is 3.21. The SMILES string of the molecule is CC(C)(C)c1cc(O)cc2c1c(C1CC1)nn2C(=O)O. The van der Waals surface area contributed by atoms with Crippen molar-refractivity contribution >= 4 is 17.0 Å². The normalized spacial score (nSPS) is 15.8. The lowest BCUT2D eigenvalue weighted by molar-refractivity contribution is 0.194. The number of hydrogen-bond donors (Lipinski definition) is 2. The average molecular weight is 274 g/mol. The third-order valence-electron chi connectivity index (χ3n) is 3.75. The van der Waals surface area contributed by atoms with Crippen LogP contribution >= 0.6 is 0 Å². The smallest absolute Gasteiger partial charge is 0.432 e. The second-order valence-electron chi connectivity index (χ2n) is 6.49. The van der Waals surface area contributed by atoms with Crippen molar-refractivity contribution < 1.29 is 15.0 Å². The first-order valence-corrected chi connectivity index (χ1v) is 6.78. The maximum absolute atomic E-state index is 11.4. The molecule has 0 radical (unpaired) electrons. The Morgan fingerprint density at radius 3 is 2.50 bits per heavy atom. The molecule has 1 heterocycles. The molecule has 20 heavy (non-hydrogen) atoms. The van der Waals surface area contributed by atoms with E-state index < -0.39 is 6.09 Å². The van der Waals surface area contributed by atoms with Crippen LogP contribution in [0.5, 0.6) is 5.75 Å². The van der Waals surface area contributed by atoms with Crippen LogP contribution in [0.15, 0.2) is 12.1 Å². The Kier molecular flexibility index (Phi) is 2.58. The van der Waals surface area contributed by atoms with Crippen LogP contribution in [0.1, 0.15) is 50.8 Å². The van der Waals surface area contributed by atoms with E-state index in [4.69, 9.17) is 0 Å². The Morgan fingerprint density at radius 2 is 2.00 bits per heavy atom. The number of fused-ring (bicyclic) bond motifs is 1. The van der Waals surface area contributed by atoms with Crippen LogP contribution in [0.25, 0.3) is 10.9 Å². The summed E-state index contributed by atoms with van der Waals surface area (Å²) in [6.07, 6.45) is 0.985. The number of carboxylic acid groups (broad SMARTS) is 1. The van der Waals surface area contributed by atoms with Gasteiger partial charge in [-0.05, 0) is 29.9 Å². The van der Waals surface area contributed by atoms with Crippen LogP contribution in [-0.4, -0.2) is 26.1 Å². The van der Waals surface area contributed by atoms with Crippen molar-refractivity contribution in [1.29, 1.82) is 0 Å². The number of phenolic OH excluding ortho intramolecular Hbond substituents is 1. The number of carbonyl (C=O) groups is 1. The Hall–Kier alpha value is -2.04. The van der Waals surface area contributed by atoms with Gasteiger partial charge in [0.25, 0.3) is 0 Å². The zero-order valence-electron chi connectivity index (χ0n) is 11.8. The predicted molar refractivity (Wildman–Crippen MR) is 75.5 cm³/mol. The molecule has 2 N–H and O–H groups in total. The van der Waals surface area contributed by atoms with Gasteiger partial charge in [-0.2, -0.15) is 9.78 Å². The van der Waals surface area contributed by atoms with Gasteiger partial charge >= 0.3 is 6.09 Å². The maximum Gasteiger partial charge on any atom is 0.432 e. The zero-order valence-corrected chi connectivity index (χ0v) is 11.8. The summed E-state index contributed by atoms with van der Waals surface area (Å²) >= 11 is 0. The Labute approximate surface area is 116 Å². The zero-order chi connectivity index (χ0) is 14.7. The van der Waals surface area contributed by atoms with Gasteiger partial charge in [-0.15, -0.1) is 0 Å².